The van der Waals surface area contributed by atoms with Gasteiger partial charge < -0.3 is 10.1 Å². The molecule has 2 aromatic carbocycles. The number of nitrogens with one attached hydrogen (secondary N) is 3. The maximum absolute atomic E-state index is 13.0. The molecule has 0 saturated heterocycles. The van der Waals surface area contributed by atoms with E-state index in [9.17, 15) is 4.79 Å². The number of ether oxygens (including phenoxy) is 1. The maximum Gasteiger partial charge on any atom is 0.324 e. The lowest BCUT2D eigenvalue weighted by molar-refractivity contribution is 0.262. The number of aromatic nitrogens is 6. The van der Waals surface area contributed by atoms with E-state index in [-0.39, 0.29) is 11.4 Å². The molecule has 0 fully saturated rings. The molecule has 6 aromatic rings. The molecule has 0 saturated carbocycles. The summed E-state index contributed by atoms with van der Waals surface area (Å²) in [5.74, 6) is 1.82. The number of carbonyl (C=O) groups excluding carboxylic acids is 1. The van der Waals surface area contributed by atoms with Gasteiger partial charge in [-0.2, -0.15) is 10.2 Å². The highest BCUT2D eigenvalue weighted by atomic mass is 16.5. The van der Waals surface area contributed by atoms with Crippen molar-refractivity contribution in [1.29, 1.82) is 0 Å². The molecule has 0 radical (unpaired) electrons. The van der Waals surface area contributed by atoms with Crippen LogP contribution in [0.25, 0.3) is 27.8 Å². The number of nitrogens with zero attached hydrogens (tertiary/aromatic N) is 5. The molecule has 4 aromatic heterocycles. The van der Waals surface area contributed by atoms with Crippen LogP contribution in [0.4, 0.5) is 16.3 Å². The third kappa shape index (κ3) is 5.76. The average molecular weight is 545 g/mol. The Balaban J connectivity index is 1.17. The van der Waals surface area contributed by atoms with Gasteiger partial charge in [0.15, 0.2) is 0 Å². The fourth-order valence-electron chi connectivity index (χ4n) is 4.27. The smallest absolute Gasteiger partial charge is 0.324 e. The van der Waals surface area contributed by atoms with Gasteiger partial charge in [0, 0.05) is 52.8 Å². The standard InChI is InChI=1S/C31H28N8O2/c1-31(2,3)28-17-29(39(38-28)23-8-11-26-20(15-23)5-4-13-32-26)37-30(40)36-22-6-9-24(10-7-22)41-25-12-14-33-27(16-25)21-18-34-35-19-21/h4-19H,1-3H3,(H,34,35)(H2,36,37,40). The minimum absolute atomic E-state index is 0.208. The number of H-pyrrole nitrogens is 1. The molecule has 0 unspecified atom stereocenters. The molecular formula is C31H28N8O2. The summed E-state index contributed by atoms with van der Waals surface area (Å²) >= 11 is 0. The van der Waals surface area contributed by atoms with Crippen molar-refractivity contribution in [3.8, 4) is 28.4 Å². The molecule has 2 amide bonds. The third-order valence-corrected chi connectivity index (χ3v) is 6.42. The van der Waals surface area contributed by atoms with E-state index < -0.39 is 0 Å². The lowest BCUT2D eigenvalue weighted by Gasteiger charge is -2.14. The third-order valence-electron chi connectivity index (χ3n) is 6.42. The molecule has 41 heavy (non-hydrogen) atoms. The van der Waals surface area contributed by atoms with Gasteiger partial charge in [-0.25, -0.2) is 9.48 Å². The summed E-state index contributed by atoms with van der Waals surface area (Å²) in [6.07, 6.45) is 6.92. The van der Waals surface area contributed by atoms with E-state index in [2.05, 4.69) is 51.6 Å². The zero-order chi connectivity index (χ0) is 28.4. The Bertz CT molecular complexity index is 1820. The van der Waals surface area contributed by atoms with E-state index in [0.29, 0.717) is 23.0 Å². The molecule has 0 aliphatic rings. The predicted molar refractivity (Wildman–Crippen MR) is 159 cm³/mol. The van der Waals surface area contributed by atoms with Crippen molar-refractivity contribution in [3.63, 3.8) is 0 Å². The van der Waals surface area contributed by atoms with E-state index in [1.54, 1.807) is 59.8 Å². The number of benzene rings is 2. The minimum Gasteiger partial charge on any atom is -0.457 e. The molecule has 3 N–H and O–H groups in total. The van der Waals surface area contributed by atoms with Gasteiger partial charge in [-0.3, -0.25) is 20.4 Å². The van der Waals surface area contributed by atoms with Gasteiger partial charge in [0.2, 0.25) is 0 Å². The Morgan fingerprint density at radius 2 is 1.76 bits per heavy atom. The van der Waals surface area contributed by atoms with Crippen molar-refractivity contribution in [2.75, 3.05) is 10.6 Å². The fourth-order valence-corrected chi connectivity index (χ4v) is 4.27. The van der Waals surface area contributed by atoms with Gasteiger partial charge in [-0.05, 0) is 54.6 Å². The van der Waals surface area contributed by atoms with Crippen molar-refractivity contribution >= 4 is 28.4 Å². The summed E-state index contributed by atoms with van der Waals surface area (Å²) in [7, 11) is 0. The molecule has 0 spiro atoms. The lowest BCUT2D eigenvalue weighted by atomic mass is 9.92. The summed E-state index contributed by atoms with van der Waals surface area (Å²) in [6.45, 7) is 6.26. The summed E-state index contributed by atoms with van der Waals surface area (Å²) in [4.78, 5) is 21.8. The minimum atomic E-state index is -0.387. The Hall–Kier alpha value is -5.51. The van der Waals surface area contributed by atoms with Gasteiger partial charge in [-0.1, -0.05) is 26.8 Å². The van der Waals surface area contributed by atoms with E-state index in [4.69, 9.17) is 9.84 Å². The van der Waals surface area contributed by atoms with Gasteiger partial charge >= 0.3 is 6.03 Å². The first-order valence-electron chi connectivity index (χ1n) is 13.1. The highest BCUT2D eigenvalue weighted by Crippen LogP contribution is 2.29. The first-order valence-corrected chi connectivity index (χ1v) is 13.1. The molecule has 0 bridgehead atoms. The van der Waals surface area contributed by atoms with Crippen LogP contribution in [0, 0.1) is 0 Å². The van der Waals surface area contributed by atoms with Crippen molar-refractivity contribution < 1.29 is 9.53 Å². The van der Waals surface area contributed by atoms with E-state index in [0.717, 1.165) is 33.5 Å². The number of urea groups is 1. The molecule has 0 atom stereocenters. The molecule has 0 aliphatic carbocycles. The fraction of sp³-hybridized carbons (Fsp3) is 0.129. The van der Waals surface area contributed by atoms with Crippen LogP contribution < -0.4 is 15.4 Å². The van der Waals surface area contributed by atoms with Crippen LogP contribution in [-0.4, -0.2) is 36.0 Å². The predicted octanol–water partition coefficient (Wildman–Crippen LogP) is 6.94. The number of pyridine rings is 2. The molecular weight excluding hydrogens is 516 g/mol. The van der Waals surface area contributed by atoms with E-state index in [1.165, 1.54) is 0 Å². The van der Waals surface area contributed by atoms with Crippen LogP contribution in [-0.2, 0) is 5.41 Å². The zero-order valence-electron chi connectivity index (χ0n) is 22.8. The number of amides is 2. The Morgan fingerprint density at radius 1 is 0.902 bits per heavy atom. The van der Waals surface area contributed by atoms with Crippen LogP contribution in [0.3, 0.4) is 0 Å². The first kappa shape index (κ1) is 25.8. The lowest BCUT2D eigenvalue weighted by Crippen LogP contribution is -2.21. The Labute approximate surface area is 236 Å². The quantitative estimate of drug-likeness (QED) is 0.209. The van der Waals surface area contributed by atoms with Gasteiger partial charge in [0.1, 0.15) is 17.3 Å². The second-order valence-corrected chi connectivity index (χ2v) is 10.5. The number of carbonyl (C=O) groups is 1. The Morgan fingerprint density at radius 3 is 2.54 bits per heavy atom. The Kier molecular flexibility index (Phi) is 6.64. The zero-order valence-corrected chi connectivity index (χ0v) is 22.8. The van der Waals surface area contributed by atoms with Crippen molar-refractivity contribution in [2.45, 2.75) is 26.2 Å². The van der Waals surface area contributed by atoms with Crippen molar-refractivity contribution in [3.05, 3.63) is 103 Å². The second-order valence-electron chi connectivity index (χ2n) is 10.5. The number of rotatable bonds is 6. The van der Waals surface area contributed by atoms with Crippen LogP contribution in [0.15, 0.2) is 97.6 Å². The molecule has 4 heterocycles. The van der Waals surface area contributed by atoms with E-state index in [1.807, 2.05) is 42.5 Å². The number of anilines is 2. The number of hydrogen-bond acceptors (Lipinski definition) is 6. The molecule has 204 valence electrons. The number of fused-ring (bicyclic) bond motifs is 1. The summed E-state index contributed by atoms with van der Waals surface area (Å²) in [6, 6.07) is 22.1. The highest BCUT2D eigenvalue weighted by Gasteiger charge is 2.22. The van der Waals surface area contributed by atoms with Gasteiger partial charge in [0.05, 0.1) is 28.8 Å². The van der Waals surface area contributed by atoms with Gasteiger partial charge in [-0.15, -0.1) is 0 Å². The molecule has 10 heteroatoms. The summed E-state index contributed by atoms with van der Waals surface area (Å²) in [5.41, 5.74) is 4.59. The summed E-state index contributed by atoms with van der Waals surface area (Å²) < 4.78 is 7.73. The molecule has 10 nitrogen and oxygen atoms in total. The molecule has 0 aliphatic heterocycles. The maximum atomic E-state index is 13.0. The normalized spacial score (nSPS) is 11.4. The summed E-state index contributed by atoms with van der Waals surface area (Å²) in [5, 5.41) is 18.4. The van der Waals surface area contributed by atoms with Crippen LogP contribution >= 0.6 is 0 Å². The number of aromatic amines is 1. The van der Waals surface area contributed by atoms with Crippen LogP contribution in [0.1, 0.15) is 26.5 Å². The van der Waals surface area contributed by atoms with Gasteiger partial charge in [0.25, 0.3) is 0 Å². The van der Waals surface area contributed by atoms with Crippen LogP contribution in [0.5, 0.6) is 11.5 Å². The first-order chi connectivity index (χ1) is 19.8. The topological polar surface area (TPSA) is 123 Å². The second kappa shape index (κ2) is 10.6. The van der Waals surface area contributed by atoms with Crippen LogP contribution in [0.2, 0.25) is 0 Å². The van der Waals surface area contributed by atoms with Crippen molar-refractivity contribution in [1.82, 2.24) is 29.9 Å². The number of hydrogen-bond donors (Lipinski definition) is 3. The van der Waals surface area contributed by atoms with Crippen molar-refractivity contribution in [2.24, 2.45) is 0 Å². The van der Waals surface area contributed by atoms with E-state index >= 15 is 0 Å². The SMILES string of the molecule is CC(C)(C)c1cc(NC(=O)Nc2ccc(Oc3ccnc(-c4cn[nH]c4)c3)cc2)n(-c2ccc3ncccc3c2)n1. The highest BCUT2D eigenvalue weighted by molar-refractivity contribution is 5.99. The monoisotopic (exact) mass is 544 g/mol. The largest absolute Gasteiger partial charge is 0.457 e. The molecule has 6 rings (SSSR count). The average Bonchev–Trinajstić information content (AvgIpc) is 3.65.